The zero-order valence-electron chi connectivity index (χ0n) is 31.5. The molecule has 0 bridgehead atoms. The van der Waals surface area contributed by atoms with Gasteiger partial charge in [-0.05, 0) is 146 Å². The molecule has 8 aromatic rings. The van der Waals surface area contributed by atoms with Crippen LogP contribution in [-0.4, -0.2) is 0 Å². The van der Waals surface area contributed by atoms with Gasteiger partial charge in [0, 0.05) is 22.5 Å². The van der Waals surface area contributed by atoms with Gasteiger partial charge in [-0.3, -0.25) is 0 Å². The Balaban J connectivity index is 0.930. The number of hydrogen-bond donors (Lipinski definition) is 0. The largest absolute Gasteiger partial charge is 0.311 e. The van der Waals surface area contributed by atoms with Crippen molar-refractivity contribution in [3.05, 3.63) is 200 Å². The Morgan fingerprint density at radius 2 is 0.857 bits per heavy atom. The number of nitrogens with zero attached hydrogens (tertiary/aromatic N) is 1. The maximum atomic E-state index is 2.58. The van der Waals surface area contributed by atoms with Crippen molar-refractivity contribution in [3.63, 3.8) is 0 Å². The van der Waals surface area contributed by atoms with Gasteiger partial charge in [-0.1, -0.05) is 158 Å². The van der Waals surface area contributed by atoms with Gasteiger partial charge in [0.2, 0.25) is 0 Å². The molecule has 2 unspecified atom stereocenters. The van der Waals surface area contributed by atoms with Crippen LogP contribution in [-0.2, 0) is 5.41 Å². The second-order valence-corrected chi connectivity index (χ2v) is 17.0. The zero-order valence-corrected chi connectivity index (χ0v) is 31.5. The summed E-state index contributed by atoms with van der Waals surface area (Å²) in [5.41, 5.74) is 16.1. The van der Waals surface area contributed by atoms with Gasteiger partial charge in [-0.2, -0.15) is 0 Å². The van der Waals surface area contributed by atoms with Crippen LogP contribution in [0.15, 0.2) is 194 Å². The van der Waals surface area contributed by atoms with Gasteiger partial charge in [0.25, 0.3) is 0 Å². The van der Waals surface area contributed by atoms with Gasteiger partial charge in [-0.25, -0.2) is 0 Å². The van der Waals surface area contributed by atoms with E-state index in [4.69, 9.17) is 0 Å². The van der Waals surface area contributed by atoms with E-state index in [1.807, 2.05) is 0 Å². The summed E-state index contributed by atoms with van der Waals surface area (Å²) in [5, 5.41) is 2.72. The highest BCUT2D eigenvalue weighted by atomic mass is 15.1. The van der Waals surface area contributed by atoms with Gasteiger partial charge in [-0.15, -0.1) is 0 Å². The summed E-state index contributed by atoms with van der Waals surface area (Å²) in [7, 11) is 0. The van der Waals surface area contributed by atoms with Crippen LogP contribution in [0.5, 0.6) is 0 Å². The molecule has 8 aromatic carbocycles. The highest BCUT2D eigenvalue weighted by Gasteiger charge is 2.87. The first-order valence-corrected chi connectivity index (χ1v) is 20.5. The van der Waals surface area contributed by atoms with Crippen molar-refractivity contribution >= 4 is 27.8 Å². The fraction of sp³-hybridized carbons (Fsp3) is 0.164. The van der Waals surface area contributed by atoms with E-state index in [-0.39, 0.29) is 0 Å². The number of benzene rings is 8. The quantitative estimate of drug-likeness (QED) is 0.151. The molecule has 1 spiro atoms. The van der Waals surface area contributed by atoms with Gasteiger partial charge in [0.05, 0.1) is 0 Å². The summed E-state index contributed by atoms with van der Waals surface area (Å²) in [6, 6.07) is 71.7. The Labute approximate surface area is 329 Å². The molecular formula is C55H43N. The predicted octanol–water partition coefficient (Wildman–Crippen LogP) is 14.7. The minimum Gasteiger partial charge on any atom is -0.311 e. The van der Waals surface area contributed by atoms with E-state index in [1.165, 1.54) is 81.0 Å². The fourth-order valence-electron chi connectivity index (χ4n) is 12.3. The van der Waals surface area contributed by atoms with Crippen LogP contribution >= 0.6 is 0 Å². The van der Waals surface area contributed by atoms with E-state index in [0.29, 0.717) is 10.8 Å². The maximum Gasteiger partial charge on any atom is 0.0462 e. The van der Waals surface area contributed by atoms with E-state index in [0.717, 1.165) is 34.8 Å². The van der Waals surface area contributed by atoms with E-state index in [1.54, 1.807) is 5.56 Å². The average molecular weight is 718 g/mol. The molecule has 4 fully saturated rings. The standard InChI is InChI=1S/C55H43N/c1-4-10-37(11-5-1)39-16-24-48(25-17-39)56(49-26-18-40(19-27-49)38-12-6-2-7-13-38)50-28-20-41(21-29-50)51-30-22-43-32-44(23-31-52(43)53(51)42-14-8-3-9-15-42)54-35-46-33-45-34-47(36-54)55(45,46)54/h1-32,45-47H,33-36H2. The second-order valence-electron chi connectivity index (χ2n) is 17.0. The lowest BCUT2D eigenvalue weighted by molar-refractivity contribution is -0.395. The Morgan fingerprint density at radius 1 is 0.393 bits per heavy atom. The molecule has 4 aliphatic carbocycles. The molecule has 1 heteroatoms. The lowest BCUT2D eigenvalue weighted by atomic mass is 9.12. The minimum absolute atomic E-state index is 0.467. The highest BCUT2D eigenvalue weighted by molar-refractivity contribution is 6.04. The molecule has 0 heterocycles. The Morgan fingerprint density at radius 3 is 1.34 bits per heavy atom. The molecule has 0 aliphatic heterocycles. The first-order chi connectivity index (χ1) is 27.7. The fourth-order valence-corrected chi connectivity index (χ4v) is 12.3. The van der Waals surface area contributed by atoms with Gasteiger partial charge >= 0.3 is 0 Å². The molecule has 4 aliphatic rings. The van der Waals surface area contributed by atoms with Gasteiger partial charge < -0.3 is 4.90 Å². The highest BCUT2D eigenvalue weighted by Crippen LogP contribution is 2.92. The number of hydrogen-bond acceptors (Lipinski definition) is 1. The molecule has 2 atom stereocenters. The average Bonchev–Trinajstić information content (AvgIpc) is 3.24. The van der Waals surface area contributed by atoms with Crippen molar-refractivity contribution in [1.29, 1.82) is 0 Å². The molecular weight excluding hydrogens is 675 g/mol. The topological polar surface area (TPSA) is 3.24 Å². The molecule has 0 amide bonds. The van der Waals surface area contributed by atoms with Crippen molar-refractivity contribution in [2.75, 3.05) is 4.90 Å². The summed E-state index contributed by atoms with van der Waals surface area (Å²) >= 11 is 0. The van der Waals surface area contributed by atoms with E-state index < -0.39 is 0 Å². The van der Waals surface area contributed by atoms with Crippen LogP contribution < -0.4 is 4.90 Å². The molecule has 268 valence electrons. The Kier molecular flexibility index (Phi) is 6.97. The summed E-state index contributed by atoms with van der Waals surface area (Å²) in [5.74, 6) is 3.04. The molecule has 1 nitrogen and oxygen atoms in total. The van der Waals surface area contributed by atoms with Crippen molar-refractivity contribution in [1.82, 2.24) is 0 Å². The third-order valence-electron chi connectivity index (χ3n) is 14.7. The Bertz CT molecular complexity index is 2620. The molecule has 12 rings (SSSR count). The lowest BCUT2D eigenvalue weighted by Gasteiger charge is -2.91. The molecule has 56 heavy (non-hydrogen) atoms. The van der Waals surface area contributed by atoms with Crippen molar-refractivity contribution in [3.8, 4) is 44.5 Å². The number of rotatable bonds is 8. The van der Waals surface area contributed by atoms with E-state index in [2.05, 4.69) is 199 Å². The smallest absolute Gasteiger partial charge is 0.0462 e. The van der Waals surface area contributed by atoms with Crippen molar-refractivity contribution in [2.24, 2.45) is 23.2 Å². The van der Waals surface area contributed by atoms with Crippen LogP contribution in [0.2, 0.25) is 0 Å². The monoisotopic (exact) mass is 717 g/mol. The first-order valence-electron chi connectivity index (χ1n) is 20.5. The third-order valence-corrected chi connectivity index (χ3v) is 14.7. The van der Waals surface area contributed by atoms with E-state index >= 15 is 0 Å². The maximum absolute atomic E-state index is 2.58. The Hall–Kier alpha value is -6.18. The molecule has 0 aromatic heterocycles. The van der Waals surface area contributed by atoms with Crippen LogP contribution in [0, 0.1) is 23.2 Å². The third kappa shape index (κ3) is 4.49. The first kappa shape index (κ1) is 32.1. The minimum atomic E-state index is 0.467. The summed E-state index contributed by atoms with van der Waals surface area (Å²) < 4.78 is 0. The number of fused-ring (bicyclic) bond motifs is 1. The predicted molar refractivity (Wildman–Crippen MR) is 233 cm³/mol. The molecule has 4 saturated carbocycles. The summed E-state index contributed by atoms with van der Waals surface area (Å²) in [4.78, 5) is 2.37. The summed E-state index contributed by atoms with van der Waals surface area (Å²) in [6.07, 6.45) is 5.86. The van der Waals surface area contributed by atoms with Crippen LogP contribution in [0.25, 0.3) is 55.3 Å². The molecule has 0 N–H and O–H groups in total. The normalized spacial score (nSPS) is 23.8. The lowest BCUT2D eigenvalue weighted by Crippen LogP contribution is -2.87. The zero-order chi connectivity index (χ0) is 36.8. The SMILES string of the molecule is c1ccc(-c2ccc(N(c3ccc(-c4ccccc4)cc3)c3ccc(-c4ccc5cc(C67CC8CC9CC(C6)C987)ccc5c4-c4ccccc4)cc3)cc2)cc1. The van der Waals surface area contributed by atoms with Gasteiger partial charge in [0.1, 0.15) is 0 Å². The second kappa shape index (κ2) is 12.2. The molecule has 0 radical (unpaired) electrons. The van der Waals surface area contributed by atoms with Gasteiger partial charge in [0.15, 0.2) is 0 Å². The van der Waals surface area contributed by atoms with Crippen LogP contribution in [0.3, 0.4) is 0 Å². The van der Waals surface area contributed by atoms with Crippen LogP contribution in [0.4, 0.5) is 17.1 Å². The summed E-state index contributed by atoms with van der Waals surface area (Å²) in [6.45, 7) is 0. The van der Waals surface area contributed by atoms with E-state index in [9.17, 15) is 0 Å². The van der Waals surface area contributed by atoms with Crippen molar-refractivity contribution in [2.45, 2.75) is 31.1 Å². The van der Waals surface area contributed by atoms with Crippen molar-refractivity contribution < 1.29 is 0 Å². The number of anilines is 3. The van der Waals surface area contributed by atoms with Crippen LogP contribution in [0.1, 0.15) is 31.2 Å². The molecule has 0 saturated heterocycles.